The zero-order chi connectivity index (χ0) is 11.5. The van der Waals surface area contributed by atoms with Gasteiger partial charge in [-0.2, -0.15) is 0 Å². The van der Waals surface area contributed by atoms with Gasteiger partial charge in [0.2, 0.25) is 0 Å². The summed E-state index contributed by atoms with van der Waals surface area (Å²) in [5, 5.41) is 10.1. The zero-order valence-electron chi connectivity index (χ0n) is 9.35. The number of carbonyl (C=O) groups is 1. The van der Waals surface area contributed by atoms with Crippen LogP contribution < -0.4 is 0 Å². The quantitative estimate of drug-likeness (QED) is 0.775. The second kappa shape index (κ2) is 4.66. The number of aliphatic hydroxyl groups is 1. The summed E-state index contributed by atoms with van der Waals surface area (Å²) >= 11 is 0. The Hall–Kier alpha value is -1.35. The summed E-state index contributed by atoms with van der Waals surface area (Å²) in [6.07, 6.45) is 0.793. The van der Waals surface area contributed by atoms with Gasteiger partial charge < -0.3 is 9.84 Å². The van der Waals surface area contributed by atoms with Gasteiger partial charge in [0.15, 0.2) is 0 Å². The average Bonchev–Trinajstić information content (AvgIpc) is 2.30. The van der Waals surface area contributed by atoms with Gasteiger partial charge in [0.05, 0.1) is 18.6 Å². The van der Waals surface area contributed by atoms with Gasteiger partial charge in [-0.3, -0.25) is 4.79 Å². The SMILES string of the molecule is Cc1ccc(C(O)C2CCCOC2=O)cc1. The summed E-state index contributed by atoms with van der Waals surface area (Å²) in [4.78, 5) is 11.5. The highest BCUT2D eigenvalue weighted by Gasteiger charge is 2.31. The Morgan fingerprint density at radius 3 is 2.69 bits per heavy atom. The standard InChI is InChI=1S/C13H16O3/c1-9-4-6-10(7-5-9)12(14)11-3-2-8-16-13(11)15/h4-7,11-12,14H,2-3,8H2,1H3. The fraction of sp³-hybridized carbons (Fsp3) is 0.462. The summed E-state index contributed by atoms with van der Waals surface area (Å²) in [5.74, 6) is -0.684. The van der Waals surface area contributed by atoms with Crippen LogP contribution in [0.25, 0.3) is 0 Å². The van der Waals surface area contributed by atoms with Crippen LogP contribution in [0.4, 0.5) is 0 Å². The third kappa shape index (κ3) is 2.25. The Bertz CT molecular complexity index is 369. The maximum atomic E-state index is 11.5. The fourth-order valence-corrected chi connectivity index (χ4v) is 1.98. The number of hydrogen-bond acceptors (Lipinski definition) is 3. The molecule has 0 bridgehead atoms. The molecule has 0 aromatic heterocycles. The van der Waals surface area contributed by atoms with E-state index in [1.165, 1.54) is 0 Å². The smallest absolute Gasteiger partial charge is 0.311 e. The topological polar surface area (TPSA) is 46.5 Å². The molecule has 3 heteroatoms. The van der Waals surface area contributed by atoms with Crippen molar-refractivity contribution >= 4 is 5.97 Å². The van der Waals surface area contributed by atoms with Crippen LogP contribution in [-0.2, 0) is 9.53 Å². The first kappa shape index (κ1) is 11.1. The van der Waals surface area contributed by atoms with Gasteiger partial charge in [0.25, 0.3) is 0 Å². The predicted octanol–water partition coefficient (Wildman–Crippen LogP) is 1.98. The fourth-order valence-electron chi connectivity index (χ4n) is 1.98. The van der Waals surface area contributed by atoms with Crippen LogP contribution in [0.1, 0.15) is 30.1 Å². The molecule has 0 spiro atoms. The van der Waals surface area contributed by atoms with Crippen molar-refractivity contribution in [3.8, 4) is 0 Å². The normalized spacial score (nSPS) is 22.6. The monoisotopic (exact) mass is 220 g/mol. The van der Waals surface area contributed by atoms with E-state index in [4.69, 9.17) is 4.74 Å². The second-order valence-corrected chi connectivity index (χ2v) is 4.27. The molecule has 2 atom stereocenters. The zero-order valence-corrected chi connectivity index (χ0v) is 9.35. The molecule has 1 fully saturated rings. The molecule has 0 saturated carbocycles. The molecule has 1 heterocycles. The van der Waals surface area contributed by atoms with E-state index in [1.54, 1.807) is 0 Å². The van der Waals surface area contributed by atoms with Crippen LogP contribution in [0.15, 0.2) is 24.3 Å². The van der Waals surface area contributed by atoms with Crippen molar-refractivity contribution in [1.82, 2.24) is 0 Å². The molecule has 0 amide bonds. The van der Waals surface area contributed by atoms with Gasteiger partial charge in [0, 0.05) is 0 Å². The van der Waals surface area contributed by atoms with Crippen molar-refractivity contribution < 1.29 is 14.6 Å². The highest BCUT2D eigenvalue weighted by molar-refractivity contribution is 5.74. The van der Waals surface area contributed by atoms with E-state index in [2.05, 4.69) is 0 Å². The summed E-state index contributed by atoms with van der Waals surface area (Å²) in [6.45, 7) is 2.47. The summed E-state index contributed by atoms with van der Waals surface area (Å²) in [7, 11) is 0. The predicted molar refractivity (Wildman–Crippen MR) is 59.8 cm³/mol. The molecule has 2 rings (SSSR count). The number of aliphatic hydroxyl groups excluding tert-OH is 1. The number of carbonyl (C=O) groups excluding carboxylic acids is 1. The maximum Gasteiger partial charge on any atom is 0.311 e. The van der Waals surface area contributed by atoms with Crippen molar-refractivity contribution in [3.63, 3.8) is 0 Å². The van der Waals surface area contributed by atoms with Crippen molar-refractivity contribution in [2.24, 2.45) is 5.92 Å². The van der Waals surface area contributed by atoms with Crippen LogP contribution in [0, 0.1) is 12.8 Å². The van der Waals surface area contributed by atoms with Crippen LogP contribution in [0.2, 0.25) is 0 Å². The van der Waals surface area contributed by atoms with Gasteiger partial charge in [0.1, 0.15) is 0 Å². The number of cyclic esters (lactones) is 1. The number of ether oxygens (including phenoxy) is 1. The van der Waals surface area contributed by atoms with Crippen LogP contribution >= 0.6 is 0 Å². The van der Waals surface area contributed by atoms with Gasteiger partial charge in [-0.25, -0.2) is 0 Å². The minimum atomic E-state index is -0.742. The van der Waals surface area contributed by atoms with Gasteiger partial charge in [-0.15, -0.1) is 0 Å². The Morgan fingerprint density at radius 1 is 1.38 bits per heavy atom. The molecule has 1 N–H and O–H groups in total. The third-order valence-corrected chi connectivity index (χ3v) is 3.01. The highest BCUT2D eigenvalue weighted by Crippen LogP contribution is 2.29. The van der Waals surface area contributed by atoms with Crippen LogP contribution in [0.3, 0.4) is 0 Å². The van der Waals surface area contributed by atoms with Gasteiger partial charge in [-0.05, 0) is 25.3 Å². The summed E-state index contributed by atoms with van der Waals surface area (Å²) < 4.78 is 4.96. The number of benzene rings is 1. The molecule has 16 heavy (non-hydrogen) atoms. The molecule has 1 aromatic carbocycles. The first-order valence-corrected chi connectivity index (χ1v) is 5.60. The van der Waals surface area contributed by atoms with Crippen molar-refractivity contribution in [2.45, 2.75) is 25.9 Å². The van der Waals surface area contributed by atoms with Crippen LogP contribution in [0.5, 0.6) is 0 Å². The lowest BCUT2D eigenvalue weighted by atomic mass is 9.90. The number of rotatable bonds is 2. The third-order valence-electron chi connectivity index (χ3n) is 3.01. The van der Waals surface area contributed by atoms with E-state index >= 15 is 0 Å². The van der Waals surface area contributed by atoms with E-state index < -0.39 is 12.0 Å². The molecule has 1 saturated heterocycles. The Labute approximate surface area is 95.0 Å². The lowest BCUT2D eigenvalue weighted by Crippen LogP contribution is -2.29. The first-order chi connectivity index (χ1) is 7.68. The van der Waals surface area contributed by atoms with Crippen molar-refractivity contribution in [1.29, 1.82) is 0 Å². The van der Waals surface area contributed by atoms with E-state index in [1.807, 2.05) is 31.2 Å². The van der Waals surface area contributed by atoms with E-state index in [9.17, 15) is 9.90 Å². The minimum Gasteiger partial charge on any atom is -0.465 e. The lowest BCUT2D eigenvalue weighted by Gasteiger charge is -2.25. The Morgan fingerprint density at radius 2 is 2.06 bits per heavy atom. The number of aryl methyl sites for hydroxylation is 1. The molecule has 1 aromatic rings. The summed E-state index contributed by atoms with van der Waals surface area (Å²) in [6, 6.07) is 7.60. The number of esters is 1. The molecular formula is C13H16O3. The Balaban J connectivity index is 2.14. The van der Waals surface area contributed by atoms with Crippen molar-refractivity contribution in [3.05, 3.63) is 35.4 Å². The van der Waals surface area contributed by atoms with Gasteiger partial charge >= 0.3 is 5.97 Å². The number of hydrogen-bond donors (Lipinski definition) is 1. The molecule has 1 aliphatic rings. The second-order valence-electron chi connectivity index (χ2n) is 4.27. The Kier molecular flexibility index (Phi) is 3.25. The minimum absolute atomic E-state index is 0.278. The lowest BCUT2D eigenvalue weighted by molar-refractivity contribution is -0.158. The molecular weight excluding hydrogens is 204 g/mol. The molecule has 0 radical (unpaired) electrons. The van der Waals surface area contributed by atoms with Gasteiger partial charge in [-0.1, -0.05) is 29.8 Å². The molecule has 1 aliphatic heterocycles. The molecule has 0 aliphatic carbocycles. The largest absolute Gasteiger partial charge is 0.465 e. The van der Waals surface area contributed by atoms with Crippen LogP contribution in [-0.4, -0.2) is 17.7 Å². The maximum absolute atomic E-state index is 11.5. The van der Waals surface area contributed by atoms with Crippen molar-refractivity contribution in [2.75, 3.05) is 6.61 Å². The highest BCUT2D eigenvalue weighted by atomic mass is 16.5. The first-order valence-electron chi connectivity index (χ1n) is 5.60. The van der Waals surface area contributed by atoms with E-state index in [0.717, 1.165) is 17.5 Å². The molecule has 86 valence electrons. The molecule has 3 nitrogen and oxygen atoms in total. The van der Waals surface area contributed by atoms with E-state index in [-0.39, 0.29) is 5.97 Å². The average molecular weight is 220 g/mol. The van der Waals surface area contributed by atoms with E-state index in [0.29, 0.717) is 13.0 Å². The molecule has 2 unspecified atom stereocenters. The summed E-state index contributed by atoms with van der Waals surface area (Å²) in [5.41, 5.74) is 1.93.